The molecule has 2 aromatic carbocycles. The van der Waals surface area contributed by atoms with Crippen LogP contribution >= 0.6 is 11.8 Å². The molecule has 2 aliphatic heterocycles. The van der Waals surface area contributed by atoms with Crippen molar-refractivity contribution in [1.29, 1.82) is 0 Å². The first-order valence-corrected chi connectivity index (χ1v) is 13.1. The maximum absolute atomic E-state index is 5.15. The number of anilines is 1. The average molecular weight is 463 g/mol. The number of amidine groups is 2. The van der Waals surface area contributed by atoms with Gasteiger partial charge in [-0.2, -0.15) is 0 Å². The molecule has 0 amide bonds. The molecule has 0 fully saturated rings. The predicted molar refractivity (Wildman–Crippen MR) is 145 cm³/mol. The number of benzene rings is 2. The van der Waals surface area contributed by atoms with Crippen LogP contribution in [0.25, 0.3) is 0 Å². The molecule has 1 atom stereocenters. The Morgan fingerprint density at radius 3 is 2.39 bits per heavy atom. The molecule has 1 unspecified atom stereocenters. The van der Waals surface area contributed by atoms with Crippen LogP contribution in [-0.4, -0.2) is 35.9 Å². The molecule has 2 aliphatic rings. The van der Waals surface area contributed by atoms with Crippen LogP contribution < -0.4 is 10.6 Å². The van der Waals surface area contributed by atoms with Gasteiger partial charge in [0.1, 0.15) is 5.84 Å². The third-order valence-corrected chi connectivity index (χ3v) is 7.93. The Balaban J connectivity index is 1.50. The van der Waals surface area contributed by atoms with Gasteiger partial charge in [0.05, 0.1) is 12.6 Å². The average Bonchev–Trinajstić information content (AvgIpc) is 3.27. The maximum Gasteiger partial charge on any atom is 0.161 e. The molecule has 2 heterocycles. The van der Waals surface area contributed by atoms with E-state index in [1.807, 2.05) is 11.8 Å². The van der Waals surface area contributed by atoms with E-state index in [-0.39, 0.29) is 5.41 Å². The van der Waals surface area contributed by atoms with Crippen LogP contribution in [-0.2, 0) is 11.8 Å². The number of aryl methyl sites for hydroxylation is 4. The van der Waals surface area contributed by atoms with Gasteiger partial charge in [-0.25, -0.2) is 0 Å². The Morgan fingerprint density at radius 1 is 1.06 bits per heavy atom. The topological polar surface area (TPSA) is 48.8 Å². The highest BCUT2D eigenvalue weighted by Crippen LogP contribution is 2.35. The molecule has 2 N–H and O–H groups in total. The zero-order valence-electron chi connectivity index (χ0n) is 21.0. The second-order valence-corrected chi connectivity index (χ2v) is 11.3. The number of aliphatic imine (C=N–C) groups is 2. The molecule has 176 valence electrons. The Morgan fingerprint density at radius 2 is 1.76 bits per heavy atom. The molecule has 2 aromatic rings. The summed E-state index contributed by atoms with van der Waals surface area (Å²) in [6.45, 7) is 15.4. The molecule has 0 bridgehead atoms. The summed E-state index contributed by atoms with van der Waals surface area (Å²) in [5.74, 6) is 2.25. The lowest BCUT2D eigenvalue weighted by Crippen LogP contribution is -2.28. The molecule has 0 spiro atoms. The minimum absolute atomic E-state index is 0.0665. The quantitative estimate of drug-likeness (QED) is 0.545. The van der Waals surface area contributed by atoms with Crippen LogP contribution in [0.15, 0.2) is 40.3 Å². The van der Waals surface area contributed by atoms with E-state index in [0.717, 1.165) is 49.1 Å². The summed E-state index contributed by atoms with van der Waals surface area (Å²) in [6, 6.07) is 11.6. The summed E-state index contributed by atoms with van der Waals surface area (Å²) in [5, 5.41) is 8.11. The van der Waals surface area contributed by atoms with E-state index in [4.69, 9.17) is 4.99 Å². The van der Waals surface area contributed by atoms with Crippen molar-refractivity contribution in [3.8, 4) is 0 Å². The summed E-state index contributed by atoms with van der Waals surface area (Å²) in [4.78, 5) is 9.74. The Bertz CT molecular complexity index is 1040. The van der Waals surface area contributed by atoms with Gasteiger partial charge in [0.2, 0.25) is 0 Å². The molecule has 0 radical (unpaired) electrons. The van der Waals surface area contributed by atoms with Gasteiger partial charge in [-0.3, -0.25) is 9.98 Å². The van der Waals surface area contributed by atoms with Crippen molar-refractivity contribution < 1.29 is 0 Å². The summed E-state index contributed by atoms with van der Waals surface area (Å²) in [7, 11) is 0. The number of nitrogens with zero attached hydrogens (tertiary/aromatic N) is 2. The van der Waals surface area contributed by atoms with E-state index in [2.05, 4.69) is 87.5 Å². The molecular weight excluding hydrogens is 424 g/mol. The largest absolute Gasteiger partial charge is 0.372 e. The van der Waals surface area contributed by atoms with E-state index < -0.39 is 0 Å². The zero-order valence-corrected chi connectivity index (χ0v) is 21.8. The SMILES string of the molecule is Cc1cc(C(C)(C)CC2CCSC(Nc3c(C)cccc3C)=N2)cc(C)c1CC1=NCCN1. The van der Waals surface area contributed by atoms with E-state index in [9.17, 15) is 0 Å². The molecule has 4 nitrogen and oxygen atoms in total. The van der Waals surface area contributed by atoms with Crippen LogP contribution in [0.4, 0.5) is 5.69 Å². The number of thioether (sulfide) groups is 1. The third kappa shape index (κ3) is 5.63. The fraction of sp³-hybridized carbons (Fsp3) is 0.500. The van der Waals surface area contributed by atoms with Gasteiger partial charge in [-0.05, 0) is 79.3 Å². The standard InChI is InChI=1S/C28H38N4S/c1-18-8-7-9-19(2)26(18)32-27-31-23(10-13-33-27)17-28(5,6)22-14-20(3)24(21(4)15-22)16-25-29-11-12-30-25/h7-9,14-15,23H,10-13,16-17H2,1-6H3,(H,29,30)(H,31,32). The van der Waals surface area contributed by atoms with Crippen LogP contribution in [0.3, 0.4) is 0 Å². The Kier molecular flexibility index (Phi) is 7.18. The first-order chi connectivity index (χ1) is 15.7. The number of hydrogen-bond donors (Lipinski definition) is 2. The van der Waals surface area contributed by atoms with Gasteiger partial charge in [-0.1, -0.05) is 55.9 Å². The maximum atomic E-state index is 5.15. The molecule has 0 saturated carbocycles. The highest BCUT2D eigenvalue weighted by molar-refractivity contribution is 8.14. The fourth-order valence-corrected chi connectivity index (χ4v) is 5.98. The predicted octanol–water partition coefficient (Wildman–Crippen LogP) is 6.11. The van der Waals surface area contributed by atoms with Crippen LogP contribution in [0.5, 0.6) is 0 Å². The lowest BCUT2D eigenvalue weighted by atomic mass is 9.77. The van der Waals surface area contributed by atoms with Gasteiger partial charge in [0.15, 0.2) is 5.17 Å². The van der Waals surface area contributed by atoms with Crippen LogP contribution in [0, 0.1) is 27.7 Å². The van der Waals surface area contributed by atoms with E-state index in [1.165, 1.54) is 39.1 Å². The fourth-order valence-electron chi connectivity index (χ4n) is 5.00. The summed E-state index contributed by atoms with van der Waals surface area (Å²) in [5.41, 5.74) is 9.37. The number of rotatable bonds is 6. The number of hydrogen-bond acceptors (Lipinski definition) is 5. The molecule has 4 rings (SSSR count). The lowest BCUT2D eigenvalue weighted by molar-refractivity contribution is 0.418. The number of para-hydroxylation sites is 1. The second kappa shape index (κ2) is 9.92. The lowest BCUT2D eigenvalue weighted by Gasteiger charge is -2.32. The Hall–Kier alpha value is -2.27. The van der Waals surface area contributed by atoms with Crippen molar-refractivity contribution in [3.63, 3.8) is 0 Å². The third-order valence-electron chi connectivity index (χ3n) is 7.01. The van der Waals surface area contributed by atoms with Crippen LogP contribution in [0.2, 0.25) is 0 Å². The molecule has 0 saturated heterocycles. The molecular formula is C28H38N4S. The van der Waals surface area contributed by atoms with Gasteiger partial charge >= 0.3 is 0 Å². The van der Waals surface area contributed by atoms with Crippen molar-refractivity contribution >= 4 is 28.5 Å². The summed E-state index contributed by atoms with van der Waals surface area (Å²) < 4.78 is 0. The Labute approximate surface area is 203 Å². The monoisotopic (exact) mass is 462 g/mol. The summed E-state index contributed by atoms with van der Waals surface area (Å²) >= 11 is 1.84. The minimum atomic E-state index is 0.0665. The highest BCUT2D eigenvalue weighted by atomic mass is 32.2. The van der Waals surface area contributed by atoms with Crippen LogP contribution in [0.1, 0.15) is 60.1 Å². The molecule has 0 aliphatic carbocycles. The van der Waals surface area contributed by atoms with E-state index in [0.29, 0.717) is 6.04 Å². The highest BCUT2D eigenvalue weighted by Gasteiger charge is 2.28. The van der Waals surface area contributed by atoms with E-state index >= 15 is 0 Å². The molecule has 33 heavy (non-hydrogen) atoms. The van der Waals surface area contributed by atoms with Crippen molar-refractivity contribution in [3.05, 3.63) is 63.7 Å². The second-order valence-electron chi connectivity index (χ2n) is 10.2. The summed E-state index contributed by atoms with van der Waals surface area (Å²) in [6.07, 6.45) is 3.10. The first kappa shape index (κ1) is 23.9. The first-order valence-electron chi connectivity index (χ1n) is 12.1. The molecule has 5 heteroatoms. The van der Waals surface area contributed by atoms with Crippen molar-refractivity contribution in [1.82, 2.24) is 5.32 Å². The van der Waals surface area contributed by atoms with Gasteiger partial charge in [-0.15, -0.1) is 0 Å². The van der Waals surface area contributed by atoms with E-state index in [1.54, 1.807) is 0 Å². The van der Waals surface area contributed by atoms with Crippen molar-refractivity contribution in [2.24, 2.45) is 9.98 Å². The van der Waals surface area contributed by atoms with Gasteiger partial charge < -0.3 is 10.6 Å². The van der Waals surface area contributed by atoms with Crippen molar-refractivity contribution in [2.45, 2.75) is 72.3 Å². The minimum Gasteiger partial charge on any atom is -0.372 e. The normalized spacial score (nSPS) is 18.5. The smallest absolute Gasteiger partial charge is 0.161 e. The van der Waals surface area contributed by atoms with Gasteiger partial charge in [0, 0.05) is 24.4 Å². The molecule has 0 aromatic heterocycles. The van der Waals surface area contributed by atoms with Gasteiger partial charge in [0.25, 0.3) is 0 Å². The van der Waals surface area contributed by atoms with Crippen molar-refractivity contribution in [2.75, 3.05) is 24.2 Å². The number of nitrogens with one attached hydrogen (secondary N) is 2. The zero-order chi connectivity index (χ0) is 23.6.